The number of ether oxygens (including phenoxy) is 1. The monoisotopic (exact) mass is 272 g/mol. The van der Waals surface area contributed by atoms with Crippen LogP contribution >= 0.6 is 0 Å². The molecule has 0 spiro atoms. The van der Waals surface area contributed by atoms with Crippen LogP contribution in [0.25, 0.3) is 0 Å². The molecule has 4 nitrogen and oxygen atoms in total. The Kier molecular flexibility index (Phi) is 5.53. The van der Waals surface area contributed by atoms with Gasteiger partial charge in [0.2, 0.25) is 0 Å². The minimum Gasteiger partial charge on any atom is -0.496 e. The number of aliphatic hydroxyl groups is 1. The Bertz CT molecular complexity index is 517. The molecule has 0 radical (unpaired) electrons. The number of para-hydroxylation sites is 1. The molecule has 0 saturated carbocycles. The average Bonchev–Trinajstić information content (AvgIpc) is 2.49. The van der Waals surface area contributed by atoms with Crippen molar-refractivity contribution < 1.29 is 9.84 Å². The standard InChI is InChI=1S/C16H20N2O2/c1-20-16-7-3-2-6-15(16)13-18(9-10-19)12-14-5-4-8-17-11-14/h2-8,11,19H,9-10,12-13H2,1H3. The summed E-state index contributed by atoms with van der Waals surface area (Å²) in [5, 5.41) is 9.23. The predicted octanol–water partition coefficient (Wildman–Crippen LogP) is 2.08. The van der Waals surface area contributed by atoms with Crippen LogP contribution in [0.5, 0.6) is 5.75 Å². The highest BCUT2D eigenvalue weighted by Gasteiger charge is 2.10. The predicted molar refractivity (Wildman–Crippen MR) is 78.4 cm³/mol. The van der Waals surface area contributed by atoms with Crippen molar-refractivity contribution in [1.29, 1.82) is 0 Å². The highest BCUT2D eigenvalue weighted by atomic mass is 16.5. The third-order valence-electron chi connectivity index (χ3n) is 3.13. The number of rotatable bonds is 7. The maximum atomic E-state index is 9.23. The molecule has 0 aliphatic rings. The quantitative estimate of drug-likeness (QED) is 0.838. The van der Waals surface area contributed by atoms with Gasteiger partial charge in [-0.1, -0.05) is 24.3 Å². The van der Waals surface area contributed by atoms with Gasteiger partial charge in [-0.25, -0.2) is 0 Å². The van der Waals surface area contributed by atoms with Gasteiger partial charge in [0, 0.05) is 37.6 Å². The second-order valence-electron chi connectivity index (χ2n) is 4.61. The van der Waals surface area contributed by atoms with Crippen molar-refractivity contribution in [3.05, 3.63) is 59.9 Å². The Morgan fingerprint density at radius 3 is 2.70 bits per heavy atom. The first kappa shape index (κ1) is 14.5. The van der Waals surface area contributed by atoms with Gasteiger partial charge in [0.15, 0.2) is 0 Å². The SMILES string of the molecule is COc1ccccc1CN(CCO)Cc1cccnc1. The van der Waals surface area contributed by atoms with Crippen molar-refractivity contribution in [2.24, 2.45) is 0 Å². The van der Waals surface area contributed by atoms with Crippen LogP contribution in [0.4, 0.5) is 0 Å². The van der Waals surface area contributed by atoms with Crippen LogP contribution in [0.2, 0.25) is 0 Å². The van der Waals surface area contributed by atoms with Crippen molar-refractivity contribution in [2.45, 2.75) is 13.1 Å². The lowest BCUT2D eigenvalue weighted by Crippen LogP contribution is -2.26. The van der Waals surface area contributed by atoms with E-state index >= 15 is 0 Å². The molecule has 0 aliphatic carbocycles. The fourth-order valence-electron chi connectivity index (χ4n) is 2.18. The van der Waals surface area contributed by atoms with Gasteiger partial charge in [-0.2, -0.15) is 0 Å². The summed E-state index contributed by atoms with van der Waals surface area (Å²) in [7, 11) is 1.68. The van der Waals surface area contributed by atoms with Crippen LogP contribution in [0.1, 0.15) is 11.1 Å². The molecule has 1 heterocycles. The summed E-state index contributed by atoms with van der Waals surface area (Å²) in [6.45, 7) is 2.24. The molecule has 20 heavy (non-hydrogen) atoms. The van der Waals surface area contributed by atoms with Crippen LogP contribution in [0.15, 0.2) is 48.8 Å². The van der Waals surface area contributed by atoms with E-state index < -0.39 is 0 Å². The minimum atomic E-state index is 0.134. The van der Waals surface area contributed by atoms with Crippen LogP contribution in [-0.4, -0.2) is 35.3 Å². The van der Waals surface area contributed by atoms with Gasteiger partial charge in [0.25, 0.3) is 0 Å². The van der Waals surface area contributed by atoms with E-state index in [-0.39, 0.29) is 6.61 Å². The van der Waals surface area contributed by atoms with Crippen molar-refractivity contribution >= 4 is 0 Å². The van der Waals surface area contributed by atoms with Gasteiger partial charge >= 0.3 is 0 Å². The number of benzene rings is 1. The first-order valence-corrected chi connectivity index (χ1v) is 6.67. The van der Waals surface area contributed by atoms with Gasteiger partial charge in [-0.05, 0) is 17.7 Å². The molecule has 2 aromatic rings. The van der Waals surface area contributed by atoms with E-state index in [0.717, 1.165) is 30.0 Å². The molecule has 0 bridgehead atoms. The molecule has 0 atom stereocenters. The summed E-state index contributed by atoms with van der Waals surface area (Å²) < 4.78 is 5.37. The molecular weight excluding hydrogens is 252 g/mol. The minimum absolute atomic E-state index is 0.134. The summed E-state index contributed by atoms with van der Waals surface area (Å²) in [5.74, 6) is 0.877. The van der Waals surface area contributed by atoms with Gasteiger partial charge in [0.1, 0.15) is 5.75 Å². The van der Waals surface area contributed by atoms with Gasteiger partial charge in [-0.3, -0.25) is 9.88 Å². The summed E-state index contributed by atoms with van der Waals surface area (Å²) in [4.78, 5) is 6.30. The van der Waals surface area contributed by atoms with Crippen LogP contribution in [0.3, 0.4) is 0 Å². The maximum Gasteiger partial charge on any atom is 0.123 e. The smallest absolute Gasteiger partial charge is 0.123 e. The lowest BCUT2D eigenvalue weighted by atomic mass is 10.1. The summed E-state index contributed by atoms with van der Waals surface area (Å²) >= 11 is 0. The molecule has 0 aliphatic heterocycles. The second-order valence-corrected chi connectivity index (χ2v) is 4.61. The largest absolute Gasteiger partial charge is 0.496 e. The molecular formula is C16H20N2O2. The fraction of sp³-hybridized carbons (Fsp3) is 0.312. The zero-order valence-corrected chi connectivity index (χ0v) is 11.7. The number of hydrogen-bond donors (Lipinski definition) is 1. The van der Waals surface area contributed by atoms with Gasteiger partial charge in [-0.15, -0.1) is 0 Å². The van der Waals surface area contributed by atoms with E-state index in [4.69, 9.17) is 4.74 Å². The zero-order valence-electron chi connectivity index (χ0n) is 11.7. The van der Waals surface area contributed by atoms with Gasteiger partial charge in [0.05, 0.1) is 13.7 Å². The number of hydrogen-bond acceptors (Lipinski definition) is 4. The number of methoxy groups -OCH3 is 1. The highest BCUT2D eigenvalue weighted by Crippen LogP contribution is 2.20. The molecule has 0 amide bonds. The van der Waals surface area contributed by atoms with Crippen molar-refractivity contribution in [2.75, 3.05) is 20.3 Å². The van der Waals surface area contributed by atoms with E-state index in [2.05, 4.69) is 9.88 Å². The third kappa shape index (κ3) is 4.05. The second kappa shape index (κ2) is 7.62. The normalized spacial score (nSPS) is 10.8. The first-order valence-electron chi connectivity index (χ1n) is 6.67. The van der Waals surface area contributed by atoms with E-state index in [9.17, 15) is 5.11 Å². The summed E-state index contributed by atoms with van der Waals surface area (Å²) in [5.41, 5.74) is 2.25. The van der Waals surface area contributed by atoms with Crippen LogP contribution in [-0.2, 0) is 13.1 Å². The number of aromatic nitrogens is 1. The third-order valence-corrected chi connectivity index (χ3v) is 3.13. The van der Waals surface area contributed by atoms with E-state index in [1.165, 1.54) is 0 Å². The first-order chi connectivity index (χ1) is 9.83. The molecule has 0 fully saturated rings. The summed E-state index contributed by atoms with van der Waals surface area (Å²) in [6.07, 6.45) is 3.62. The van der Waals surface area contributed by atoms with Crippen molar-refractivity contribution in [1.82, 2.24) is 9.88 Å². The number of pyridine rings is 1. The molecule has 1 N–H and O–H groups in total. The number of nitrogens with zero attached hydrogens (tertiary/aromatic N) is 2. The maximum absolute atomic E-state index is 9.23. The van der Waals surface area contributed by atoms with Crippen LogP contribution < -0.4 is 4.74 Å². The molecule has 106 valence electrons. The van der Waals surface area contributed by atoms with Crippen molar-refractivity contribution in [3.8, 4) is 5.75 Å². The molecule has 2 rings (SSSR count). The molecule has 0 saturated heterocycles. The van der Waals surface area contributed by atoms with E-state index in [0.29, 0.717) is 6.54 Å². The molecule has 1 aromatic heterocycles. The average molecular weight is 272 g/mol. The Balaban J connectivity index is 2.09. The Labute approximate surface area is 119 Å². The fourth-order valence-corrected chi connectivity index (χ4v) is 2.18. The zero-order chi connectivity index (χ0) is 14.2. The number of aliphatic hydroxyl groups excluding tert-OH is 1. The molecule has 0 unspecified atom stereocenters. The summed E-state index contributed by atoms with van der Waals surface area (Å²) in [6, 6.07) is 11.9. The van der Waals surface area contributed by atoms with Gasteiger partial charge < -0.3 is 9.84 Å². The lowest BCUT2D eigenvalue weighted by Gasteiger charge is -2.22. The Hall–Kier alpha value is -1.91. The highest BCUT2D eigenvalue weighted by molar-refractivity contribution is 5.33. The molecule has 4 heteroatoms. The van der Waals surface area contributed by atoms with Crippen LogP contribution in [0, 0.1) is 0 Å². The molecule has 1 aromatic carbocycles. The van der Waals surface area contributed by atoms with Crippen molar-refractivity contribution in [3.63, 3.8) is 0 Å². The topological polar surface area (TPSA) is 45.6 Å². The Morgan fingerprint density at radius 1 is 1.15 bits per heavy atom. The van der Waals surface area contributed by atoms with E-state index in [1.807, 2.05) is 42.6 Å². The van der Waals surface area contributed by atoms with E-state index in [1.54, 1.807) is 13.3 Å². The lowest BCUT2D eigenvalue weighted by molar-refractivity contribution is 0.183. The Morgan fingerprint density at radius 2 is 2.00 bits per heavy atom.